The minimum atomic E-state index is -1.14. The maximum absolute atomic E-state index is 15.0. The molecule has 200 valence electrons. The van der Waals surface area contributed by atoms with E-state index >= 15 is 0 Å². The lowest BCUT2D eigenvalue weighted by molar-refractivity contribution is -0.145. The zero-order valence-electron chi connectivity index (χ0n) is 21.9. The Kier molecular flexibility index (Phi) is 9.34. The first kappa shape index (κ1) is 28.5. The molecule has 6 nitrogen and oxygen atoms in total. The minimum absolute atomic E-state index is 0.0550. The summed E-state index contributed by atoms with van der Waals surface area (Å²) in [7, 11) is 1.24. The summed E-state index contributed by atoms with van der Waals surface area (Å²) < 4.78 is 33.0. The van der Waals surface area contributed by atoms with Gasteiger partial charge in [-0.25, -0.2) is 8.78 Å². The number of esters is 1. The fraction of sp³-hybridized carbons (Fsp3) is 0.300. The van der Waals surface area contributed by atoms with E-state index in [0.29, 0.717) is 12.0 Å². The third-order valence-corrected chi connectivity index (χ3v) is 6.16. The second-order valence-corrected chi connectivity index (χ2v) is 9.92. The Morgan fingerprint density at radius 1 is 0.921 bits per heavy atom. The largest absolute Gasteiger partial charge is 0.469 e. The number of carbonyl (C=O) groups excluding carboxylic acids is 3. The Labute approximate surface area is 221 Å². The highest BCUT2D eigenvalue weighted by Gasteiger charge is 2.31. The van der Waals surface area contributed by atoms with E-state index in [-0.39, 0.29) is 17.8 Å². The van der Waals surface area contributed by atoms with Gasteiger partial charge < -0.3 is 15.4 Å². The molecule has 2 atom stereocenters. The Morgan fingerprint density at radius 2 is 1.58 bits per heavy atom. The highest BCUT2D eigenvalue weighted by molar-refractivity contribution is 5.98. The van der Waals surface area contributed by atoms with Crippen molar-refractivity contribution in [2.24, 2.45) is 5.92 Å². The summed E-state index contributed by atoms with van der Waals surface area (Å²) in [4.78, 5) is 38.4. The number of hydrogen-bond donors (Lipinski definition) is 2. The molecule has 0 aliphatic rings. The molecule has 3 aromatic carbocycles. The predicted octanol–water partition coefficient (Wildman–Crippen LogP) is 5.07. The first-order valence-corrected chi connectivity index (χ1v) is 12.3. The third kappa shape index (κ3) is 7.71. The highest BCUT2D eigenvalue weighted by Crippen LogP contribution is 2.22. The van der Waals surface area contributed by atoms with Crippen molar-refractivity contribution >= 4 is 17.8 Å². The lowest BCUT2D eigenvalue weighted by atomic mass is 9.93. The Balaban J connectivity index is 1.78. The molecule has 0 saturated carbocycles. The smallest absolute Gasteiger partial charge is 0.308 e. The van der Waals surface area contributed by atoms with Crippen LogP contribution >= 0.6 is 0 Å². The number of carbonyl (C=O) groups is 3. The van der Waals surface area contributed by atoms with Crippen molar-refractivity contribution < 1.29 is 27.9 Å². The van der Waals surface area contributed by atoms with E-state index in [1.54, 1.807) is 39.0 Å². The second-order valence-electron chi connectivity index (χ2n) is 9.92. The molecule has 2 N–H and O–H groups in total. The molecule has 0 unspecified atom stereocenters. The summed E-state index contributed by atoms with van der Waals surface area (Å²) in [5, 5.41) is 5.48. The summed E-state index contributed by atoms with van der Waals surface area (Å²) in [6.07, 6.45) is 0.336. The number of amides is 2. The van der Waals surface area contributed by atoms with Crippen molar-refractivity contribution in [3.8, 4) is 11.1 Å². The lowest BCUT2D eigenvalue weighted by Crippen LogP contribution is -2.54. The summed E-state index contributed by atoms with van der Waals surface area (Å²) in [6.45, 7) is 5.16. The quantitative estimate of drug-likeness (QED) is 0.364. The van der Waals surface area contributed by atoms with E-state index < -0.39 is 41.1 Å². The van der Waals surface area contributed by atoms with Crippen LogP contribution in [0.5, 0.6) is 0 Å². The van der Waals surface area contributed by atoms with Crippen molar-refractivity contribution in [3.05, 3.63) is 95.6 Å². The van der Waals surface area contributed by atoms with E-state index in [1.165, 1.54) is 31.4 Å². The third-order valence-electron chi connectivity index (χ3n) is 6.16. The average molecular weight is 523 g/mol. The van der Waals surface area contributed by atoms with E-state index in [0.717, 1.165) is 11.1 Å². The molecular formula is C30H32F2N2O4. The van der Waals surface area contributed by atoms with E-state index in [9.17, 15) is 23.2 Å². The Morgan fingerprint density at radius 3 is 2.18 bits per heavy atom. The van der Waals surface area contributed by atoms with Gasteiger partial charge in [0, 0.05) is 5.54 Å². The molecular weight excluding hydrogens is 490 g/mol. The number of nitrogens with one attached hydrogen (secondary N) is 2. The van der Waals surface area contributed by atoms with Crippen LogP contribution in [0, 0.1) is 17.6 Å². The molecule has 0 fully saturated rings. The van der Waals surface area contributed by atoms with E-state index in [2.05, 4.69) is 10.6 Å². The zero-order valence-corrected chi connectivity index (χ0v) is 21.9. The SMILES string of the molecule is COC(=O)[C@@H](C)C[C@H](NC(=O)c1ccc(-c2ccccc2)cc1F)C(=O)NC(C)(C)Cc1ccc(F)cc1. The summed E-state index contributed by atoms with van der Waals surface area (Å²) in [5.74, 6) is -3.67. The van der Waals surface area contributed by atoms with Crippen molar-refractivity contribution in [3.63, 3.8) is 0 Å². The summed E-state index contributed by atoms with van der Waals surface area (Å²) in [5.41, 5.74) is 1.22. The molecule has 0 aliphatic carbocycles. The van der Waals surface area contributed by atoms with Crippen LogP contribution in [-0.2, 0) is 20.7 Å². The van der Waals surface area contributed by atoms with Gasteiger partial charge >= 0.3 is 5.97 Å². The van der Waals surface area contributed by atoms with Gasteiger partial charge in [0.05, 0.1) is 18.6 Å². The molecule has 38 heavy (non-hydrogen) atoms. The van der Waals surface area contributed by atoms with Gasteiger partial charge in [0.25, 0.3) is 5.91 Å². The molecule has 2 amide bonds. The van der Waals surface area contributed by atoms with Gasteiger partial charge in [-0.1, -0.05) is 55.5 Å². The van der Waals surface area contributed by atoms with Crippen LogP contribution in [-0.4, -0.2) is 36.5 Å². The van der Waals surface area contributed by atoms with Crippen molar-refractivity contribution in [1.29, 1.82) is 0 Å². The van der Waals surface area contributed by atoms with Crippen molar-refractivity contribution in [1.82, 2.24) is 10.6 Å². The fourth-order valence-electron chi connectivity index (χ4n) is 4.21. The van der Waals surface area contributed by atoms with Gasteiger partial charge in [0.2, 0.25) is 5.91 Å². The van der Waals surface area contributed by atoms with Gasteiger partial charge in [0.15, 0.2) is 0 Å². The molecule has 0 saturated heterocycles. The maximum Gasteiger partial charge on any atom is 0.308 e. The Hall–Kier alpha value is -4.07. The van der Waals surface area contributed by atoms with Gasteiger partial charge in [-0.05, 0) is 67.6 Å². The maximum atomic E-state index is 15.0. The van der Waals surface area contributed by atoms with Crippen molar-refractivity contribution in [2.75, 3.05) is 7.11 Å². The van der Waals surface area contributed by atoms with Crippen LogP contribution in [0.3, 0.4) is 0 Å². The van der Waals surface area contributed by atoms with Crippen LogP contribution in [0.25, 0.3) is 11.1 Å². The molecule has 0 aliphatic heterocycles. The summed E-state index contributed by atoms with van der Waals surface area (Å²) in [6, 6.07) is 18.2. The first-order chi connectivity index (χ1) is 18.0. The average Bonchev–Trinajstić information content (AvgIpc) is 2.88. The lowest BCUT2D eigenvalue weighted by Gasteiger charge is -2.30. The highest BCUT2D eigenvalue weighted by atomic mass is 19.1. The predicted molar refractivity (Wildman–Crippen MR) is 141 cm³/mol. The van der Waals surface area contributed by atoms with Crippen molar-refractivity contribution in [2.45, 2.75) is 45.2 Å². The second kappa shape index (κ2) is 12.4. The molecule has 0 heterocycles. The summed E-state index contributed by atoms with van der Waals surface area (Å²) >= 11 is 0. The number of hydrogen-bond acceptors (Lipinski definition) is 4. The molecule has 0 aromatic heterocycles. The molecule has 3 aromatic rings. The van der Waals surface area contributed by atoms with Crippen LogP contribution in [0.2, 0.25) is 0 Å². The molecule has 0 radical (unpaired) electrons. The normalized spacial score (nSPS) is 12.8. The molecule has 3 rings (SSSR count). The standard InChI is InChI=1S/C30H32F2N2O4/c1-19(29(37)38-4)16-26(28(36)34-30(2,3)18-20-10-13-23(31)14-11-20)33-27(35)24-15-12-22(17-25(24)32)21-8-6-5-7-9-21/h5-15,17,19,26H,16,18H2,1-4H3,(H,33,35)(H,34,36)/t19-,26-/m0/s1. The first-order valence-electron chi connectivity index (χ1n) is 12.3. The number of rotatable bonds is 10. The molecule has 8 heteroatoms. The fourth-order valence-corrected chi connectivity index (χ4v) is 4.21. The number of halogens is 2. The van der Waals surface area contributed by atoms with Gasteiger partial charge in [-0.3, -0.25) is 14.4 Å². The molecule has 0 spiro atoms. The van der Waals surface area contributed by atoms with Crippen LogP contribution in [0.15, 0.2) is 72.8 Å². The van der Waals surface area contributed by atoms with E-state index in [1.807, 2.05) is 30.3 Å². The molecule has 0 bridgehead atoms. The van der Waals surface area contributed by atoms with Gasteiger partial charge in [-0.2, -0.15) is 0 Å². The van der Waals surface area contributed by atoms with Gasteiger partial charge in [-0.15, -0.1) is 0 Å². The van der Waals surface area contributed by atoms with Gasteiger partial charge in [0.1, 0.15) is 17.7 Å². The topological polar surface area (TPSA) is 84.5 Å². The zero-order chi connectivity index (χ0) is 27.9. The number of ether oxygens (including phenoxy) is 1. The van der Waals surface area contributed by atoms with Crippen LogP contribution in [0.1, 0.15) is 43.1 Å². The van der Waals surface area contributed by atoms with Crippen LogP contribution < -0.4 is 10.6 Å². The van der Waals surface area contributed by atoms with E-state index in [4.69, 9.17) is 4.74 Å². The number of methoxy groups -OCH3 is 1. The number of benzene rings is 3. The monoisotopic (exact) mass is 522 g/mol. The van der Waals surface area contributed by atoms with Crippen LogP contribution in [0.4, 0.5) is 8.78 Å². The Bertz CT molecular complexity index is 1280. The minimum Gasteiger partial charge on any atom is -0.469 e.